The monoisotopic (exact) mass is 308 g/mol. The largest absolute Gasteiger partial charge is 0.481 e. The predicted molar refractivity (Wildman–Crippen MR) is 58.5 cm³/mol. The van der Waals surface area contributed by atoms with Gasteiger partial charge in [-0.15, -0.1) is 0 Å². The molecule has 0 saturated heterocycles. The van der Waals surface area contributed by atoms with Crippen molar-refractivity contribution in [2.45, 2.75) is 12.6 Å². The Balaban J connectivity index is 4.92. The van der Waals surface area contributed by atoms with Gasteiger partial charge in [-0.05, 0) is 0 Å². The van der Waals surface area contributed by atoms with E-state index in [9.17, 15) is 26.4 Å². The number of halogens is 3. The summed E-state index contributed by atoms with van der Waals surface area (Å²) in [5.74, 6) is -1.27. The Morgan fingerprint density at radius 2 is 1.79 bits per heavy atom. The Labute approximate surface area is 108 Å². The molecule has 7 nitrogen and oxygen atoms in total. The van der Waals surface area contributed by atoms with Gasteiger partial charge in [0.05, 0.1) is 13.0 Å². The minimum absolute atomic E-state index is 0.0504. The Kier molecular flexibility index (Phi) is 6.69. The third-order valence-electron chi connectivity index (χ3n) is 2.07. The van der Waals surface area contributed by atoms with Crippen molar-refractivity contribution in [1.29, 1.82) is 0 Å². The highest BCUT2D eigenvalue weighted by molar-refractivity contribution is 7.86. The summed E-state index contributed by atoms with van der Waals surface area (Å²) in [6.07, 6.45) is -5.29. The van der Waals surface area contributed by atoms with Crippen LogP contribution in [-0.2, 0) is 15.0 Å². The Morgan fingerprint density at radius 1 is 1.26 bits per heavy atom. The average molecular weight is 308 g/mol. The third-order valence-corrected chi connectivity index (χ3v) is 4.00. The first kappa shape index (κ1) is 18.1. The van der Waals surface area contributed by atoms with Gasteiger partial charge in [0, 0.05) is 20.1 Å². The van der Waals surface area contributed by atoms with E-state index < -0.39 is 55.0 Å². The van der Waals surface area contributed by atoms with Crippen LogP contribution in [0.5, 0.6) is 0 Å². The van der Waals surface area contributed by atoms with Gasteiger partial charge in [0.2, 0.25) is 0 Å². The quantitative estimate of drug-likeness (QED) is 0.629. The van der Waals surface area contributed by atoms with Gasteiger partial charge in [0.1, 0.15) is 6.54 Å². The molecule has 0 aromatic carbocycles. The van der Waals surface area contributed by atoms with Crippen molar-refractivity contribution in [2.75, 3.05) is 33.3 Å². The third kappa shape index (κ3) is 6.71. The first-order valence-electron chi connectivity index (χ1n) is 5.11. The summed E-state index contributed by atoms with van der Waals surface area (Å²) in [6, 6.07) is 0. The molecule has 0 amide bonds. The van der Waals surface area contributed by atoms with Crippen molar-refractivity contribution in [3.63, 3.8) is 0 Å². The van der Waals surface area contributed by atoms with Crippen LogP contribution in [0.25, 0.3) is 0 Å². The molecular formula is C8H15F3N2O5S. The number of carboxylic acid groups (broad SMARTS) is 1. The molecule has 0 saturated carbocycles. The van der Waals surface area contributed by atoms with E-state index in [4.69, 9.17) is 10.2 Å². The van der Waals surface area contributed by atoms with Crippen molar-refractivity contribution in [1.82, 2.24) is 8.61 Å². The zero-order valence-corrected chi connectivity index (χ0v) is 10.9. The molecule has 0 unspecified atom stereocenters. The molecule has 0 rings (SSSR count). The van der Waals surface area contributed by atoms with Crippen LogP contribution in [0, 0.1) is 0 Å². The van der Waals surface area contributed by atoms with Crippen LogP contribution in [0.4, 0.5) is 13.2 Å². The molecule has 0 heterocycles. The van der Waals surface area contributed by atoms with Gasteiger partial charge in [-0.2, -0.15) is 30.2 Å². The number of rotatable bonds is 8. The molecule has 0 aliphatic carbocycles. The van der Waals surface area contributed by atoms with Crippen LogP contribution in [0.2, 0.25) is 0 Å². The fourth-order valence-corrected chi connectivity index (χ4v) is 2.49. The topological polar surface area (TPSA) is 98.2 Å². The molecule has 0 spiro atoms. The number of aliphatic hydroxyl groups is 1. The molecule has 19 heavy (non-hydrogen) atoms. The lowest BCUT2D eigenvalue weighted by Crippen LogP contribution is -2.47. The van der Waals surface area contributed by atoms with Gasteiger partial charge in [-0.25, -0.2) is 0 Å². The molecule has 11 heteroatoms. The van der Waals surface area contributed by atoms with Crippen LogP contribution < -0.4 is 0 Å². The number of aliphatic carboxylic acids is 1. The van der Waals surface area contributed by atoms with E-state index in [0.717, 1.165) is 7.05 Å². The highest BCUT2D eigenvalue weighted by Crippen LogP contribution is 2.19. The fraction of sp³-hybridized carbons (Fsp3) is 0.875. The van der Waals surface area contributed by atoms with E-state index in [1.165, 1.54) is 0 Å². The lowest BCUT2D eigenvalue weighted by atomic mass is 10.4. The Bertz CT molecular complexity index is 398. The fourth-order valence-electron chi connectivity index (χ4n) is 1.15. The van der Waals surface area contributed by atoms with Gasteiger partial charge in [-0.1, -0.05) is 0 Å². The maximum atomic E-state index is 12.2. The van der Waals surface area contributed by atoms with Crippen LogP contribution in [0.1, 0.15) is 6.42 Å². The van der Waals surface area contributed by atoms with Gasteiger partial charge in [0.15, 0.2) is 0 Å². The minimum Gasteiger partial charge on any atom is -0.481 e. The summed E-state index contributed by atoms with van der Waals surface area (Å²) < 4.78 is 60.8. The van der Waals surface area contributed by atoms with Crippen LogP contribution in [0.15, 0.2) is 0 Å². The number of carboxylic acids is 1. The highest BCUT2D eigenvalue weighted by Gasteiger charge is 2.37. The summed E-state index contributed by atoms with van der Waals surface area (Å²) in [5.41, 5.74) is 0. The van der Waals surface area contributed by atoms with E-state index >= 15 is 0 Å². The van der Waals surface area contributed by atoms with E-state index in [2.05, 4.69) is 0 Å². The molecule has 0 fully saturated rings. The van der Waals surface area contributed by atoms with Crippen molar-refractivity contribution in [3.8, 4) is 0 Å². The van der Waals surface area contributed by atoms with E-state index in [-0.39, 0.29) is 4.31 Å². The summed E-state index contributed by atoms with van der Waals surface area (Å²) >= 11 is 0. The zero-order valence-electron chi connectivity index (χ0n) is 10.1. The molecule has 0 aromatic heterocycles. The molecular weight excluding hydrogens is 293 g/mol. The Morgan fingerprint density at radius 3 is 2.16 bits per heavy atom. The first-order chi connectivity index (χ1) is 8.50. The summed E-state index contributed by atoms with van der Waals surface area (Å²) in [7, 11) is -3.50. The first-order valence-corrected chi connectivity index (χ1v) is 6.51. The van der Waals surface area contributed by atoms with E-state index in [0.29, 0.717) is 4.31 Å². The maximum Gasteiger partial charge on any atom is 0.402 e. The normalized spacial score (nSPS) is 13.2. The van der Waals surface area contributed by atoms with Crippen molar-refractivity contribution < 1.29 is 36.6 Å². The minimum atomic E-state index is -4.75. The van der Waals surface area contributed by atoms with Crippen molar-refractivity contribution in [2.24, 2.45) is 0 Å². The van der Waals surface area contributed by atoms with Gasteiger partial charge < -0.3 is 10.2 Å². The molecule has 2 N–H and O–H groups in total. The van der Waals surface area contributed by atoms with Crippen molar-refractivity contribution in [3.05, 3.63) is 0 Å². The maximum absolute atomic E-state index is 12.2. The second kappa shape index (κ2) is 7.03. The smallest absolute Gasteiger partial charge is 0.402 e. The number of nitrogens with zero attached hydrogens (tertiary/aromatic N) is 2. The summed E-state index contributed by atoms with van der Waals surface area (Å²) in [6.45, 7) is -3.70. The van der Waals surface area contributed by atoms with Gasteiger partial charge in [0.25, 0.3) is 10.2 Å². The molecule has 0 bridgehead atoms. The van der Waals surface area contributed by atoms with E-state index in [1.54, 1.807) is 0 Å². The number of aliphatic hydroxyl groups excluding tert-OH is 1. The number of hydrogen-bond donors (Lipinski definition) is 2. The van der Waals surface area contributed by atoms with E-state index in [1.807, 2.05) is 0 Å². The summed E-state index contributed by atoms with van der Waals surface area (Å²) in [5, 5.41) is 17.0. The Hall–Kier alpha value is -0.910. The molecule has 0 atom stereocenters. The average Bonchev–Trinajstić information content (AvgIpc) is 2.23. The van der Waals surface area contributed by atoms with Gasteiger partial charge in [-0.3, -0.25) is 4.79 Å². The SMILES string of the molecule is CN(CCC(=O)O)S(=O)(=O)N(CCO)CC(F)(F)F. The van der Waals surface area contributed by atoms with Crippen LogP contribution >= 0.6 is 0 Å². The lowest BCUT2D eigenvalue weighted by molar-refractivity contribution is -0.138. The standard InChI is InChI=1S/C8H15F3N2O5S/c1-12(3-2-7(15)16)19(17,18)13(4-5-14)6-8(9,10)11/h14H,2-6H2,1H3,(H,15,16). The molecule has 0 radical (unpaired) electrons. The number of hydrogen-bond acceptors (Lipinski definition) is 4. The van der Waals surface area contributed by atoms with Gasteiger partial charge >= 0.3 is 12.1 Å². The predicted octanol–water partition coefficient (Wildman–Crippen LogP) is -0.506. The molecule has 0 aliphatic rings. The lowest BCUT2D eigenvalue weighted by Gasteiger charge is -2.27. The van der Waals surface area contributed by atoms with Crippen LogP contribution in [-0.4, -0.2) is 72.7 Å². The number of carbonyl (C=O) groups is 1. The van der Waals surface area contributed by atoms with Crippen molar-refractivity contribution >= 4 is 16.2 Å². The summed E-state index contributed by atoms with van der Waals surface area (Å²) in [4.78, 5) is 10.3. The van der Waals surface area contributed by atoms with Crippen LogP contribution in [0.3, 0.4) is 0 Å². The second-order valence-corrected chi connectivity index (χ2v) is 5.68. The molecule has 0 aliphatic heterocycles. The highest BCUT2D eigenvalue weighted by atomic mass is 32.2. The second-order valence-electron chi connectivity index (χ2n) is 3.65. The molecule has 0 aromatic rings. The zero-order chi connectivity index (χ0) is 15.3. The number of alkyl halides is 3. The molecule has 114 valence electrons.